The standard InChI is InChI=1S/C21H26N4O2/c1-21(2,3)25-18(14-9-10-14)13-17(23-25)20(27)22-15-6-4-7-16(12-15)24-11-5-8-19(24)26/h4,6-7,12-14H,5,8-11H2,1-3H3,(H,22,27). The van der Waals surface area contributed by atoms with E-state index in [1.165, 1.54) is 0 Å². The highest BCUT2D eigenvalue weighted by Gasteiger charge is 2.32. The van der Waals surface area contributed by atoms with Gasteiger partial charge < -0.3 is 10.2 Å². The fraction of sp³-hybridized carbons (Fsp3) is 0.476. The Balaban J connectivity index is 1.55. The van der Waals surface area contributed by atoms with Gasteiger partial charge in [0.15, 0.2) is 5.69 Å². The molecule has 1 saturated heterocycles. The van der Waals surface area contributed by atoms with E-state index in [-0.39, 0.29) is 17.4 Å². The molecule has 142 valence electrons. The molecule has 1 aromatic heterocycles. The second kappa shape index (κ2) is 6.51. The van der Waals surface area contributed by atoms with Crippen molar-refractivity contribution < 1.29 is 9.59 Å². The number of benzene rings is 1. The fourth-order valence-corrected chi connectivity index (χ4v) is 3.58. The molecule has 2 amide bonds. The van der Waals surface area contributed by atoms with Crippen LogP contribution in [0.3, 0.4) is 0 Å². The first-order valence-electron chi connectivity index (χ1n) is 9.65. The Bertz CT molecular complexity index is 890. The van der Waals surface area contributed by atoms with Crippen LogP contribution in [0.5, 0.6) is 0 Å². The molecule has 1 aliphatic heterocycles. The summed E-state index contributed by atoms with van der Waals surface area (Å²) in [6, 6.07) is 9.37. The number of aromatic nitrogens is 2. The van der Waals surface area contributed by atoms with Gasteiger partial charge in [-0.25, -0.2) is 0 Å². The molecule has 2 aromatic rings. The van der Waals surface area contributed by atoms with Crippen LogP contribution in [0.15, 0.2) is 30.3 Å². The minimum Gasteiger partial charge on any atom is -0.321 e. The van der Waals surface area contributed by atoms with Gasteiger partial charge in [-0.15, -0.1) is 0 Å². The van der Waals surface area contributed by atoms with E-state index in [1.807, 2.05) is 35.0 Å². The first-order chi connectivity index (χ1) is 12.8. The lowest BCUT2D eigenvalue weighted by atomic mass is 10.1. The van der Waals surface area contributed by atoms with Gasteiger partial charge in [-0.05, 0) is 64.3 Å². The third kappa shape index (κ3) is 3.61. The maximum absolute atomic E-state index is 12.8. The summed E-state index contributed by atoms with van der Waals surface area (Å²) >= 11 is 0. The van der Waals surface area contributed by atoms with Crippen LogP contribution < -0.4 is 10.2 Å². The van der Waals surface area contributed by atoms with E-state index in [2.05, 4.69) is 31.2 Å². The summed E-state index contributed by atoms with van der Waals surface area (Å²) in [5, 5.41) is 7.53. The van der Waals surface area contributed by atoms with Gasteiger partial charge in [-0.2, -0.15) is 5.10 Å². The second-order valence-electron chi connectivity index (χ2n) is 8.46. The summed E-state index contributed by atoms with van der Waals surface area (Å²) < 4.78 is 1.99. The van der Waals surface area contributed by atoms with E-state index in [9.17, 15) is 9.59 Å². The zero-order valence-corrected chi connectivity index (χ0v) is 16.2. The molecule has 1 N–H and O–H groups in total. The van der Waals surface area contributed by atoms with Crippen LogP contribution in [-0.2, 0) is 10.3 Å². The van der Waals surface area contributed by atoms with Gasteiger partial charge >= 0.3 is 0 Å². The number of nitrogens with zero attached hydrogens (tertiary/aromatic N) is 3. The number of amides is 2. The van der Waals surface area contributed by atoms with E-state index < -0.39 is 0 Å². The molecule has 2 fully saturated rings. The molecule has 0 radical (unpaired) electrons. The van der Waals surface area contributed by atoms with E-state index in [0.717, 1.165) is 37.2 Å². The Morgan fingerprint density at radius 1 is 1.22 bits per heavy atom. The summed E-state index contributed by atoms with van der Waals surface area (Å²) in [5.41, 5.74) is 2.93. The number of anilines is 2. The van der Waals surface area contributed by atoms with Crippen molar-refractivity contribution in [3.8, 4) is 0 Å². The van der Waals surface area contributed by atoms with Gasteiger partial charge in [0, 0.05) is 36.0 Å². The number of rotatable bonds is 4. The molecule has 4 rings (SSSR count). The Labute approximate surface area is 159 Å². The quantitative estimate of drug-likeness (QED) is 0.892. The number of carbonyl (C=O) groups is 2. The molecule has 1 aliphatic carbocycles. The van der Waals surface area contributed by atoms with Crippen LogP contribution in [-0.4, -0.2) is 28.1 Å². The lowest BCUT2D eigenvalue weighted by molar-refractivity contribution is -0.117. The molecule has 0 spiro atoms. The highest BCUT2D eigenvalue weighted by atomic mass is 16.2. The Morgan fingerprint density at radius 2 is 2.00 bits per heavy atom. The SMILES string of the molecule is CC(C)(C)n1nc(C(=O)Nc2cccc(N3CCCC3=O)c2)cc1C1CC1. The second-order valence-corrected chi connectivity index (χ2v) is 8.46. The largest absolute Gasteiger partial charge is 0.321 e. The van der Waals surface area contributed by atoms with Crippen LogP contribution in [0.2, 0.25) is 0 Å². The monoisotopic (exact) mass is 366 g/mol. The predicted octanol–water partition coefficient (Wildman–Crippen LogP) is 3.89. The third-order valence-corrected chi connectivity index (χ3v) is 5.09. The number of carbonyl (C=O) groups excluding carboxylic acids is 2. The lowest BCUT2D eigenvalue weighted by Gasteiger charge is -2.22. The van der Waals surface area contributed by atoms with E-state index in [4.69, 9.17) is 0 Å². The molecule has 6 heteroatoms. The van der Waals surface area contributed by atoms with Gasteiger partial charge in [0.2, 0.25) is 5.91 Å². The van der Waals surface area contributed by atoms with Gasteiger partial charge in [-0.3, -0.25) is 14.3 Å². The smallest absolute Gasteiger partial charge is 0.276 e. The topological polar surface area (TPSA) is 67.2 Å². The van der Waals surface area contributed by atoms with Crippen molar-refractivity contribution in [3.63, 3.8) is 0 Å². The van der Waals surface area contributed by atoms with Crippen LogP contribution in [0.25, 0.3) is 0 Å². The van der Waals surface area contributed by atoms with Gasteiger partial charge in [0.05, 0.1) is 5.54 Å². The maximum Gasteiger partial charge on any atom is 0.276 e. The summed E-state index contributed by atoms with van der Waals surface area (Å²) in [6.07, 6.45) is 3.79. The van der Waals surface area contributed by atoms with Crippen LogP contribution in [0, 0.1) is 0 Å². The molecule has 27 heavy (non-hydrogen) atoms. The molecule has 0 unspecified atom stereocenters. The summed E-state index contributed by atoms with van der Waals surface area (Å²) in [6.45, 7) is 7.04. The number of nitrogens with one attached hydrogen (secondary N) is 1. The van der Waals surface area contributed by atoms with Crippen molar-refractivity contribution in [2.24, 2.45) is 0 Å². The highest BCUT2D eigenvalue weighted by molar-refractivity contribution is 6.03. The first kappa shape index (κ1) is 17.8. The zero-order chi connectivity index (χ0) is 19.2. The van der Waals surface area contributed by atoms with Crippen molar-refractivity contribution in [2.45, 2.75) is 57.9 Å². The summed E-state index contributed by atoms with van der Waals surface area (Å²) in [5.74, 6) is 0.434. The normalized spacial score (nSPS) is 17.4. The minimum atomic E-state index is -0.218. The molecular formula is C21H26N4O2. The van der Waals surface area contributed by atoms with Gasteiger partial charge in [0.25, 0.3) is 5.91 Å². The third-order valence-electron chi connectivity index (χ3n) is 5.09. The predicted molar refractivity (Wildman–Crippen MR) is 105 cm³/mol. The van der Waals surface area contributed by atoms with Crippen molar-refractivity contribution >= 4 is 23.2 Å². The minimum absolute atomic E-state index is 0.136. The zero-order valence-electron chi connectivity index (χ0n) is 16.2. The average Bonchev–Trinajstić information content (AvgIpc) is 3.19. The molecule has 2 heterocycles. The summed E-state index contributed by atoms with van der Waals surface area (Å²) in [7, 11) is 0. The fourth-order valence-electron chi connectivity index (χ4n) is 3.58. The lowest BCUT2D eigenvalue weighted by Crippen LogP contribution is -2.26. The van der Waals surface area contributed by atoms with Crippen molar-refractivity contribution in [1.29, 1.82) is 0 Å². The van der Waals surface area contributed by atoms with Gasteiger partial charge in [-0.1, -0.05) is 6.07 Å². The number of hydrogen-bond acceptors (Lipinski definition) is 3. The number of hydrogen-bond donors (Lipinski definition) is 1. The first-order valence-corrected chi connectivity index (χ1v) is 9.65. The Hall–Kier alpha value is -2.63. The average molecular weight is 366 g/mol. The van der Waals surface area contributed by atoms with Crippen molar-refractivity contribution in [3.05, 3.63) is 41.7 Å². The summed E-state index contributed by atoms with van der Waals surface area (Å²) in [4.78, 5) is 26.5. The van der Waals surface area contributed by atoms with Crippen LogP contribution in [0.4, 0.5) is 11.4 Å². The molecular weight excluding hydrogens is 340 g/mol. The Kier molecular flexibility index (Phi) is 4.29. The van der Waals surface area contributed by atoms with Crippen LogP contribution >= 0.6 is 0 Å². The highest BCUT2D eigenvalue weighted by Crippen LogP contribution is 2.41. The van der Waals surface area contributed by atoms with Crippen molar-refractivity contribution in [2.75, 3.05) is 16.8 Å². The van der Waals surface area contributed by atoms with Crippen molar-refractivity contribution in [1.82, 2.24) is 9.78 Å². The van der Waals surface area contributed by atoms with Gasteiger partial charge in [0.1, 0.15) is 0 Å². The molecule has 2 aliphatic rings. The van der Waals surface area contributed by atoms with E-state index in [0.29, 0.717) is 23.7 Å². The Morgan fingerprint density at radius 3 is 2.63 bits per heavy atom. The van der Waals surface area contributed by atoms with E-state index in [1.54, 1.807) is 4.90 Å². The molecule has 1 aromatic carbocycles. The molecule has 1 saturated carbocycles. The van der Waals surface area contributed by atoms with Crippen LogP contribution in [0.1, 0.15) is 68.6 Å². The maximum atomic E-state index is 12.8. The van der Waals surface area contributed by atoms with E-state index >= 15 is 0 Å². The molecule has 0 bridgehead atoms. The molecule has 6 nitrogen and oxygen atoms in total. The molecule has 0 atom stereocenters.